The minimum absolute atomic E-state index is 0.395. The number of nitrogens with zero attached hydrogens (tertiary/aromatic N) is 1. The Labute approximate surface area is 84.1 Å². The van der Waals surface area contributed by atoms with Crippen LogP contribution in [0.1, 0.15) is 16.5 Å². The summed E-state index contributed by atoms with van der Waals surface area (Å²) >= 11 is 2.33. The lowest BCUT2D eigenvalue weighted by molar-refractivity contribution is 0.447. The fraction of sp³-hybridized carbons (Fsp3) is 0.222. The number of fused-ring (bicyclic) bond motifs is 1. The van der Waals surface area contributed by atoms with Crippen molar-refractivity contribution in [1.29, 1.82) is 0 Å². The number of hydrogen-bond acceptors (Lipinski definition) is 2. The third kappa shape index (κ3) is 1.22. The van der Waals surface area contributed by atoms with Gasteiger partial charge in [0.25, 0.3) is 0 Å². The Balaban J connectivity index is 2.70. The van der Waals surface area contributed by atoms with Crippen LogP contribution in [0.4, 0.5) is 0 Å². The van der Waals surface area contributed by atoms with E-state index >= 15 is 0 Å². The minimum Gasteiger partial charge on any atom is -0.356 e. The molecule has 1 aromatic carbocycles. The quantitative estimate of drug-likeness (QED) is 0.588. The van der Waals surface area contributed by atoms with Gasteiger partial charge in [-0.2, -0.15) is 0 Å². The molecule has 0 fully saturated rings. The van der Waals surface area contributed by atoms with Gasteiger partial charge in [-0.25, -0.2) is 0 Å². The summed E-state index contributed by atoms with van der Waals surface area (Å²) in [4.78, 5) is 0. The van der Waals surface area contributed by atoms with E-state index in [4.69, 9.17) is 4.52 Å². The number of alkyl halides is 1. The second-order valence-electron chi connectivity index (χ2n) is 2.68. The number of hydrogen-bond donors (Lipinski definition) is 0. The lowest BCUT2D eigenvalue weighted by Gasteiger charge is -1.94. The summed E-state index contributed by atoms with van der Waals surface area (Å²) in [5, 5.41) is 5.14. The Bertz CT molecular complexity index is 394. The van der Waals surface area contributed by atoms with Gasteiger partial charge in [-0.3, -0.25) is 0 Å². The van der Waals surface area contributed by atoms with Crippen LogP contribution in [0.15, 0.2) is 28.8 Å². The Morgan fingerprint density at radius 2 is 2.17 bits per heavy atom. The molecule has 0 N–H and O–H groups in total. The normalized spacial score (nSPS) is 13.5. The van der Waals surface area contributed by atoms with Crippen molar-refractivity contribution in [2.45, 2.75) is 10.8 Å². The first-order valence-corrected chi connectivity index (χ1v) is 5.02. The first-order valence-electron chi connectivity index (χ1n) is 3.77. The van der Waals surface area contributed by atoms with Crippen molar-refractivity contribution in [3.8, 4) is 0 Å². The molecule has 12 heavy (non-hydrogen) atoms. The van der Waals surface area contributed by atoms with Crippen molar-refractivity contribution in [2.75, 3.05) is 0 Å². The van der Waals surface area contributed by atoms with Crippen LogP contribution >= 0.6 is 22.6 Å². The first kappa shape index (κ1) is 8.04. The van der Waals surface area contributed by atoms with Gasteiger partial charge in [0, 0.05) is 5.39 Å². The molecule has 2 rings (SSSR count). The van der Waals surface area contributed by atoms with Crippen molar-refractivity contribution >= 4 is 33.6 Å². The lowest BCUT2D eigenvalue weighted by Crippen LogP contribution is -1.82. The van der Waals surface area contributed by atoms with E-state index in [9.17, 15) is 0 Å². The smallest absolute Gasteiger partial charge is 0.167 e. The predicted octanol–water partition coefficient (Wildman–Crippen LogP) is 3.32. The van der Waals surface area contributed by atoms with E-state index in [1.165, 1.54) is 0 Å². The molecular weight excluding hydrogens is 265 g/mol. The van der Waals surface area contributed by atoms with Crippen molar-refractivity contribution in [3.63, 3.8) is 0 Å². The largest absolute Gasteiger partial charge is 0.356 e. The molecule has 3 heteroatoms. The molecule has 0 saturated heterocycles. The molecule has 0 aliphatic carbocycles. The highest BCUT2D eigenvalue weighted by molar-refractivity contribution is 14.1. The van der Waals surface area contributed by atoms with Crippen molar-refractivity contribution < 1.29 is 4.52 Å². The minimum atomic E-state index is 0.395. The van der Waals surface area contributed by atoms with E-state index in [1.807, 2.05) is 24.3 Å². The maximum Gasteiger partial charge on any atom is 0.167 e. The van der Waals surface area contributed by atoms with Gasteiger partial charge in [-0.05, 0) is 19.1 Å². The Morgan fingerprint density at radius 3 is 2.92 bits per heavy atom. The fourth-order valence-corrected chi connectivity index (χ4v) is 1.64. The van der Waals surface area contributed by atoms with E-state index in [1.54, 1.807) is 0 Å². The van der Waals surface area contributed by atoms with Crippen LogP contribution in [0, 0.1) is 0 Å². The van der Waals surface area contributed by atoms with E-state index < -0.39 is 0 Å². The molecule has 1 heterocycles. The maximum absolute atomic E-state index is 5.16. The number of aromatic nitrogens is 1. The van der Waals surface area contributed by atoms with Crippen LogP contribution < -0.4 is 0 Å². The maximum atomic E-state index is 5.16. The van der Waals surface area contributed by atoms with Crippen LogP contribution in [0.5, 0.6) is 0 Å². The van der Waals surface area contributed by atoms with Crippen LogP contribution in [0.3, 0.4) is 0 Å². The zero-order chi connectivity index (χ0) is 8.55. The monoisotopic (exact) mass is 273 g/mol. The summed E-state index contributed by atoms with van der Waals surface area (Å²) in [7, 11) is 0. The number of para-hydroxylation sites is 1. The molecule has 62 valence electrons. The molecule has 0 radical (unpaired) electrons. The predicted molar refractivity (Wildman–Crippen MR) is 56.4 cm³/mol. The fourth-order valence-electron chi connectivity index (χ4n) is 1.19. The van der Waals surface area contributed by atoms with Gasteiger partial charge in [-0.15, -0.1) is 0 Å². The zero-order valence-corrected chi connectivity index (χ0v) is 8.78. The Hall–Kier alpha value is -0.580. The van der Waals surface area contributed by atoms with Crippen molar-refractivity contribution in [3.05, 3.63) is 30.0 Å². The Kier molecular flexibility index (Phi) is 2.04. The third-order valence-corrected chi connectivity index (χ3v) is 2.37. The molecule has 2 aromatic rings. The first-order chi connectivity index (χ1) is 5.79. The molecule has 1 aromatic heterocycles. The number of rotatable bonds is 1. The molecule has 0 bridgehead atoms. The molecule has 0 aliphatic rings. The lowest BCUT2D eigenvalue weighted by atomic mass is 10.2. The highest BCUT2D eigenvalue weighted by Crippen LogP contribution is 2.28. The van der Waals surface area contributed by atoms with E-state index in [2.05, 4.69) is 34.7 Å². The van der Waals surface area contributed by atoms with Gasteiger partial charge in [0.2, 0.25) is 0 Å². The van der Waals surface area contributed by atoms with Gasteiger partial charge in [-0.1, -0.05) is 39.9 Å². The van der Waals surface area contributed by atoms with Gasteiger partial charge in [0.15, 0.2) is 5.58 Å². The molecule has 0 spiro atoms. The standard InChI is InChI=1S/C9H8INO/c1-6(10)9-7-4-2-3-5-8(7)12-11-9/h2-6H,1H3. The molecular formula is C9H8INO. The van der Waals surface area contributed by atoms with Crippen LogP contribution in [-0.4, -0.2) is 5.16 Å². The summed E-state index contributed by atoms with van der Waals surface area (Å²) < 4.78 is 5.55. The highest BCUT2D eigenvalue weighted by atomic mass is 127. The van der Waals surface area contributed by atoms with Crippen LogP contribution in [-0.2, 0) is 0 Å². The van der Waals surface area contributed by atoms with Gasteiger partial charge in [0.1, 0.15) is 5.69 Å². The summed E-state index contributed by atoms with van der Waals surface area (Å²) in [6.45, 7) is 2.10. The molecule has 1 atom stereocenters. The molecule has 0 aliphatic heterocycles. The summed E-state index contributed by atoms with van der Waals surface area (Å²) in [6, 6.07) is 7.93. The van der Waals surface area contributed by atoms with E-state index in [-0.39, 0.29) is 0 Å². The topological polar surface area (TPSA) is 26.0 Å². The summed E-state index contributed by atoms with van der Waals surface area (Å²) in [5.74, 6) is 0. The van der Waals surface area contributed by atoms with Crippen LogP contribution in [0.2, 0.25) is 0 Å². The van der Waals surface area contributed by atoms with E-state index in [0.717, 1.165) is 16.7 Å². The van der Waals surface area contributed by atoms with Gasteiger partial charge >= 0.3 is 0 Å². The zero-order valence-electron chi connectivity index (χ0n) is 6.62. The Morgan fingerprint density at radius 1 is 1.42 bits per heavy atom. The summed E-state index contributed by atoms with van der Waals surface area (Å²) in [6.07, 6.45) is 0. The van der Waals surface area contributed by atoms with Gasteiger partial charge < -0.3 is 4.52 Å². The third-order valence-electron chi connectivity index (χ3n) is 1.78. The average molecular weight is 273 g/mol. The number of halogens is 1. The van der Waals surface area contributed by atoms with E-state index in [0.29, 0.717) is 3.92 Å². The highest BCUT2D eigenvalue weighted by Gasteiger charge is 2.10. The summed E-state index contributed by atoms with van der Waals surface area (Å²) in [5.41, 5.74) is 1.90. The molecule has 0 amide bonds. The molecule has 2 nitrogen and oxygen atoms in total. The molecule has 0 saturated carbocycles. The second kappa shape index (κ2) is 3.05. The van der Waals surface area contributed by atoms with Crippen LogP contribution in [0.25, 0.3) is 11.0 Å². The second-order valence-corrected chi connectivity index (χ2v) is 4.55. The number of benzene rings is 1. The van der Waals surface area contributed by atoms with Crippen molar-refractivity contribution in [2.24, 2.45) is 0 Å². The average Bonchev–Trinajstić information content (AvgIpc) is 2.47. The SMILES string of the molecule is CC(I)c1noc2ccccc12. The van der Waals surface area contributed by atoms with Gasteiger partial charge in [0.05, 0.1) is 3.92 Å². The van der Waals surface area contributed by atoms with Crippen molar-refractivity contribution in [1.82, 2.24) is 5.16 Å². The molecule has 1 unspecified atom stereocenters.